The summed E-state index contributed by atoms with van der Waals surface area (Å²) in [5, 5.41) is 4.30. The van der Waals surface area contributed by atoms with E-state index in [-0.39, 0.29) is 17.9 Å². The van der Waals surface area contributed by atoms with Gasteiger partial charge in [-0.15, -0.1) is 0 Å². The Morgan fingerprint density at radius 2 is 1.63 bits per heavy atom. The van der Waals surface area contributed by atoms with Gasteiger partial charge in [0, 0.05) is 0 Å². The Kier molecular flexibility index (Phi) is 8.91. The number of nitrogens with zero attached hydrogens (tertiary/aromatic N) is 1. The molecular formula is C25H23ClN2O7. The average molecular weight is 499 g/mol. The van der Waals surface area contributed by atoms with Crippen LogP contribution in [0.3, 0.4) is 0 Å². The number of amides is 1. The summed E-state index contributed by atoms with van der Waals surface area (Å²) in [6.07, 6.45) is 1.41. The van der Waals surface area contributed by atoms with Gasteiger partial charge in [0.1, 0.15) is 11.5 Å². The van der Waals surface area contributed by atoms with E-state index in [0.717, 1.165) is 0 Å². The third-order valence-electron chi connectivity index (χ3n) is 4.57. The first-order valence-corrected chi connectivity index (χ1v) is 10.6. The molecule has 0 heterocycles. The SMILES string of the molecule is COc1cc(C(=O)Oc2cccc(C=NNC(=O)COc3ccccc3Cl)c2)cc(OC)c1OC. The molecule has 0 fully saturated rings. The molecule has 0 bridgehead atoms. The molecule has 3 aromatic rings. The van der Waals surface area contributed by atoms with Crippen LogP contribution in [0.2, 0.25) is 5.02 Å². The molecule has 1 N–H and O–H groups in total. The smallest absolute Gasteiger partial charge is 0.343 e. The van der Waals surface area contributed by atoms with Gasteiger partial charge in [0.05, 0.1) is 38.1 Å². The van der Waals surface area contributed by atoms with Crippen LogP contribution in [0.4, 0.5) is 0 Å². The predicted molar refractivity (Wildman–Crippen MR) is 130 cm³/mol. The Hall–Kier alpha value is -4.24. The second kappa shape index (κ2) is 12.3. The number of hydrazone groups is 1. The maximum Gasteiger partial charge on any atom is 0.343 e. The fourth-order valence-electron chi connectivity index (χ4n) is 2.94. The quantitative estimate of drug-likeness (QED) is 0.194. The van der Waals surface area contributed by atoms with Crippen molar-refractivity contribution in [3.63, 3.8) is 0 Å². The summed E-state index contributed by atoms with van der Waals surface area (Å²) in [7, 11) is 4.38. The van der Waals surface area contributed by atoms with Crippen LogP contribution in [0, 0.1) is 0 Å². The van der Waals surface area contributed by atoms with Crippen LogP contribution in [-0.4, -0.2) is 46.0 Å². The van der Waals surface area contributed by atoms with E-state index in [2.05, 4.69) is 10.5 Å². The average Bonchev–Trinajstić information content (AvgIpc) is 2.87. The fraction of sp³-hybridized carbons (Fsp3) is 0.160. The molecule has 0 aromatic heterocycles. The highest BCUT2D eigenvalue weighted by molar-refractivity contribution is 6.32. The largest absolute Gasteiger partial charge is 0.493 e. The number of nitrogens with one attached hydrogen (secondary N) is 1. The molecule has 0 unspecified atom stereocenters. The number of methoxy groups -OCH3 is 3. The van der Waals surface area contributed by atoms with Gasteiger partial charge in [0.2, 0.25) is 5.75 Å². The van der Waals surface area contributed by atoms with E-state index >= 15 is 0 Å². The van der Waals surface area contributed by atoms with Crippen LogP contribution in [-0.2, 0) is 4.79 Å². The fourth-order valence-corrected chi connectivity index (χ4v) is 3.13. The molecule has 0 saturated carbocycles. The molecule has 0 aliphatic carbocycles. The molecule has 10 heteroatoms. The minimum absolute atomic E-state index is 0.212. The number of hydrogen-bond acceptors (Lipinski definition) is 8. The second-order valence-electron chi connectivity index (χ2n) is 6.89. The molecule has 9 nitrogen and oxygen atoms in total. The number of carbonyl (C=O) groups excluding carboxylic acids is 2. The molecule has 0 saturated heterocycles. The lowest BCUT2D eigenvalue weighted by Gasteiger charge is -2.13. The number of carbonyl (C=O) groups is 2. The van der Waals surface area contributed by atoms with Crippen LogP contribution in [0.25, 0.3) is 0 Å². The summed E-state index contributed by atoms with van der Waals surface area (Å²) in [5.74, 6) is 0.609. The van der Waals surface area contributed by atoms with Gasteiger partial charge in [-0.3, -0.25) is 4.79 Å². The van der Waals surface area contributed by atoms with E-state index in [1.807, 2.05) is 0 Å². The van der Waals surface area contributed by atoms with Crippen molar-refractivity contribution >= 4 is 29.7 Å². The molecule has 3 rings (SSSR count). The summed E-state index contributed by atoms with van der Waals surface area (Å²) in [4.78, 5) is 24.6. The van der Waals surface area contributed by atoms with Gasteiger partial charge in [-0.1, -0.05) is 35.9 Å². The van der Waals surface area contributed by atoms with Gasteiger partial charge in [0.15, 0.2) is 18.1 Å². The second-order valence-corrected chi connectivity index (χ2v) is 7.30. The first kappa shape index (κ1) is 25.4. The number of benzene rings is 3. The normalized spacial score (nSPS) is 10.5. The minimum Gasteiger partial charge on any atom is -0.493 e. The zero-order valence-corrected chi connectivity index (χ0v) is 20.0. The lowest BCUT2D eigenvalue weighted by atomic mass is 10.1. The molecule has 35 heavy (non-hydrogen) atoms. The number of hydrogen-bond donors (Lipinski definition) is 1. The van der Waals surface area contributed by atoms with Crippen LogP contribution in [0.5, 0.6) is 28.7 Å². The molecule has 0 aliphatic rings. The molecule has 0 aliphatic heterocycles. The molecule has 0 radical (unpaired) electrons. The summed E-state index contributed by atoms with van der Waals surface area (Å²) in [6, 6.07) is 16.4. The highest BCUT2D eigenvalue weighted by Crippen LogP contribution is 2.38. The van der Waals surface area contributed by atoms with Gasteiger partial charge in [-0.25, -0.2) is 10.2 Å². The highest BCUT2D eigenvalue weighted by atomic mass is 35.5. The Morgan fingerprint density at radius 1 is 0.914 bits per heavy atom. The summed E-state index contributed by atoms with van der Waals surface area (Å²) in [5.41, 5.74) is 3.16. The number of esters is 1. The van der Waals surface area contributed by atoms with E-state index in [9.17, 15) is 9.59 Å². The summed E-state index contributed by atoms with van der Waals surface area (Å²) < 4.78 is 26.6. The van der Waals surface area contributed by atoms with Crippen molar-refractivity contribution in [1.82, 2.24) is 5.43 Å². The maximum atomic E-state index is 12.7. The summed E-state index contributed by atoms with van der Waals surface area (Å²) in [6.45, 7) is -0.256. The first-order chi connectivity index (χ1) is 16.9. The topological polar surface area (TPSA) is 105 Å². The number of halogens is 1. The van der Waals surface area contributed by atoms with Crippen molar-refractivity contribution in [3.8, 4) is 28.7 Å². The number of rotatable bonds is 10. The monoisotopic (exact) mass is 498 g/mol. The molecule has 0 atom stereocenters. The number of ether oxygens (including phenoxy) is 5. The van der Waals surface area contributed by atoms with Crippen molar-refractivity contribution in [2.75, 3.05) is 27.9 Å². The summed E-state index contributed by atoms with van der Waals surface area (Å²) >= 11 is 5.99. The van der Waals surface area contributed by atoms with E-state index in [4.69, 9.17) is 35.3 Å². The predicted octanol–water partition coefficient (Wildman–Crippen LogP) is 4.11. The number of para-hydroxylation sites is 1. The highest BCUT2D eigenvalue weighted by Gasteiger charge is 2.18. The molecule has 3 aromatic carbocycles. The van der Waals surface area contributed by atoms with E-state index in [1.54, 1.807) is 48.5 Å². The van der Waals surface area contributed by atoms with E-state index in [1.165, 1.54) is 39.7 Å². The van der Waals surface area contributed by atoms with Crippen molar-refractivity contribution in [2.45, 2.75) is 0 Å². The van der Waals surface area contributed by atoms with Gasteiger partial charge in [-0.05, 0) is 42.0 Å². The lowest BCUT2D eigenvalue weighted by molar-refractivity contribution is -0.123. The maximum absolute atomic E-state index is 12.7. The molecule has 0 spiro atoms. The first-order valence-electron chi connectivity index (χ1n) is 10.3. The Balaban J connectivity index is 1.61. The van der Waals surface area contributed by atoms with Gasteiger partial charge >= 0.3 is 5.97 Å². The Labute approximate surface area is 207 Å². The minimum atomic E-state index is -0.622. The molecule has 182 valence electrons. The van der Waals surface area contributed by atoms with Crippen molar-refractivity contribution in [1.29, 1.82) is 0 Å². The Morgan fingerprint density at radius 3 is 2.29 bits per heavy atom. The zero-order valence-electron chi connectivity index (χ0n) is 19.2. The lowest BCUT2D eigenvalue weighted by Crippen LogP contribution is -2.24. The van der Waals surface area contributed by atoms with E-state index < -0.39 is 11.9 Å². The standard InChI is InChI=1S/C25H23ClN2O7/c1-31-21-12-17(13-22(32-2)24(21)33-3)25(30)35-18-8-6-7-16(11-18)14-27-28-23(29)15-34-20-10-5-4-9-19(20)26/h4-14H,15H2,1-3H3,(H,28,29). The van der Waals surface area contributed by atoms with Crippen LogP contribution in [0.15, 0.2) is 65.8 Å². The zero-order chi connectivity index (χ0) is 25.2. The van der Waals surface area contributed by atoms with Crippen molar-refractivity contribution in [2.24, 2.45) is 5.10 Å². The molecule has 1 amide bonds. The third kappa shape index (κ3) is 6.87. The van der Waals surface area contributed by atoms with Gasteiger partial charge in [0.25, 0.3) is 5.91 Å². The van der Waals surface area contributed by atoms with Crippen LogP contribution < -0.4 is 29.1 Å². The van der Waals surface area contributed by atoms with Crippen LogP contribution in [0.1, 0.15) is 15.9 Å². The molecular weight excluding hydrogens is 476 g/mol. The van der Waals surface area contributed by atoms with Crippen molar-refractivity contribution < 1.29 is 33.3 Å². The van der Waals surface area contributed by atoms with Crippen LogP contribution >= 0.6 is 11.6 Å². The van der Waals surface area contributed by atoms with Gasteiger partial charge in [-0.2, -0.15) is 5.10 Å². The Bertz CT molecular complexity index is 1200. The van der Waals surface area contributed by atoms with E-state index in [0.29, 0.717) is 33.6 Å². The third-order valence-corrected chi connectivity index (χ3v) is 4.88. The van der Waals surface area contributed by atoms with Gasteiger partial charge < -0.3 is 23.7 Å². The van der Waals surface area contributed by atoms with Crippen molar-refractivity contribution in [3.05, 3.63) is 76.8 Å².